The number of hydrogen-bond acceptors (Lipinski definition) is 6. The third-order valence-corrected chi connectivity index (χ3v) is 5.11. The van der Waals surface area contributed by atoms with Crippen molar-refractivity contribution in [3.8, 4) is 94.7 Å². The lowest BCUT2D eigenvalue weighted by atomic mass is 10.3. The fourth-order valence-corrected chi connectivity index (χ4v) is 3.27. The van der Waals surface area contributed by atoms with Crippen molar-refractivity contribution < 1.29 is 29.7 Å². The lowest BCUT2D eigenvalue weighted by Crippen LogP contribution is -2.43. The maximum absolute atomic E-state index is 11.1. The normalized spacial score (nSPS) is 13.0. The molecule has 3 N–H and O–H groups in total. The van der Waals surface area contributed by atoms with E-state index in [1.807, 2.05) is 9.80 Å². The Morgan fingerprint density at radius 3 is 1.43 bits per heavy atom. The quantitative estimate of drug-likeness (QED) is 0.288. The Morgan fingerprint density at radius 2 is 1.00 bits per heavy atom. The Hall–Kier alpha value is -5.23. The monoisotopic (exact) mass is 537 g/mol. The zero-order valence-corrected chi connectivity index (χ0v) is 22.1. The summed E-state index contributed by atoms with van der Waals surface area (Å²) >= 11 is 0. The van der Waals surface area contributed by atoms with Gasteiger partial charge >= 0.3 is 17.9 Å². The van der Waals surface area contributed by atoms with E-state index in [-0.39, 0.29) is 32.4 Å². The standard InChI is InChI=1S/C31H27N3O6/c1-2-3-4-5-6-7-8-9-10-11-12-13-14-15-16-17-28-33(23-20-31(39)40)26-27-34(28)25-24-32(21-18-29(35)36)22-19-30(37)38/h28H,18-27H2,1H3,(H,35,36)(H,37,38)(H,39,40). The SMILES string of the molecule is CC#CC#CC#CC#CC#CC#CC#CC#CC1N(CCC(=O)O)CCN1CCN(CCC(=O)O)CCC(=O)O. The van der Waals surface area contributed by atoms with Crippen molar-refractivity contribution in [2.45, 2.75) is 32.4 Å². The van der Waals surface area contributed by atoms with E-state index in [1.165, 1.54) is 0 Å². The van der Waals surface area contributed by atoms with Crippen LogP contribution in [0.1, 0.15) is 26.2 Å². The Kier molecular flexibility index (Phi) is 17.0. The van der Waals surface area contributed by atoms with Gasteiger partial charge in [-0.1, -0.05) is 11.8 Å². The molecule has 9 heteroatoms. The van der Waals surface area contributed by atoms with Gasteiger partial charge in [0.15, 0.2) is 0 Å². The van der Waals surface area contributed by atoms with Crippen LogP contribution in [0.5, 0.6) is 0 Å². The summed E-state index contributed by atoms with van der Waals surface area (Å²) in [6, 6.07) is 0. The molecule has 40 heavy (non-hydrogen) atoms. The van der Waals surface area contributed by atoms with Crippen LogP contribution in [0.15, 0.2) is 0 Å². The lowest BCUT2D eigenvalue weighted by Gasteiger charge is -2.28. The van der Waals surface area contributed by atoms with Crippen molar-refractivity contribution in [3.05, 3.63) is 0 Å². The first-order chi connectivity index (χ1) is 19.3. The number of rotatable bonds is 12. The minimum absolute atomic E-state index is 0.0411. The van der Waals surface area contributed by atoms with Gasteiger partial charge in [0, 0.05) is 45.8 Å². The molecule has 1 heterocycles. The smallest absolute Gasteiger partial charge is 0.304 e. The number of carboxylic acid groups (broad SMARTS) is 3. The molecule has 0 aromatic heterocycles. The predicted molar refractivity (Wildman–Crippen MR) is 148 cm³/mol. The highest BCUT2D eigenvalue weighted by Gasteiger charge is 2.30. The first-order valence-electron chi connectivity index (χ1n) is 12.1. The molecule has 1 aliphatic rings. The van der Waals surface area contributed by atoms with Gasteiger partial charge in [-0.15, -0.1) is 0 Å². The van der Waals surface area contributed by atoms with Gasteiger partial charge < -0.3 is 20.2 Å². The number of carbonyl (C=O) groups is 3. The molecule has 1 saturated heterocycles. The van der Waals surface area contributed by atoms with E-state index in [1.54, 1.807) is 11.8 Å². The highest BCUT2D eigenvalue weighted by atomic mass is 16.4. The summed E-state index contributed by atoms with van der Waals surface area (Å²) in [7, 11) is 0. The molecule has 0 saturated carbocycles. The van der Waals surface area contributed by atoms with E-state index < -0.39 is 24.1 Å². The fourth-order valence-electron chi connectivity index (χ4n) is 3.27. The van der Waals surface area contributed by atoms with Crippen LogP contribution in [0.3, 0.4) is 0 Å². The second-order valence-electron chi connectivity index (χ2n) is 7.86. The van der Waals surface area contributed by atoms with Crippen molar-refractivity contribution in [3.63, 3.8) is 0 Å². The minimum Gasteiger partial charge on any atom is -0.481 e. The Morgan fingerprint density at radius 1 is 0.600 bits per heavy atom. The van der Waals surface area contributed by atoms with E-state index in [0.717, 1.165) is 0 Å². The van der Waals surface area contributed by atoms with Crippen LogP contribution in [0, 0.1) is 94.7 Å². The molecule has 1 rings (SSSR count). The summed E-state index contributed by atoms with van der Waals surface area (Å²) < 4.78 is 0. The first kappa shape index (κ1) is 32.8. The molecule has 0 spiro atoms. The van der Waals surface area contributed by atoms with E-state index in [9.17, 15) is 14.4 Å². The van der Waals surface area contributed by atoms with Gasteiger partial charge in [-0.3, -0.25) is 24.2 Å². The van der Waals surface area contributed by atoms with Crippen LogP contribution in [-0.4, -0.2) is 99.9 Å². The van der Waals surface area contributed by atoms with E-state index in [4.69, 9.17) is 15.3 Å². The Bertz CT molecular complexity index is 1420. The van der Waals surface area contributed by atoms with Gasteiger partial charge in [0.25, 0.3) is 0 Å². The van der Waals surface area contributed by atoms with Crippen LogP contribution in [0.25, 0.3) is 0 Å². The Balaban J connectivity index is 2.84. The number of aliphatic carboxylic acids is 3. The molecular weight excluding hydrogens is 510 g/mol. The Labute approximate surface area is 235 Å². The average molecular weight is 538 g/mol. The number of hydrogen-bond donors (Lipinski definition) is 3. The van der Waals surface area contributed by atoms with Gasteiger partial charge in [-0.05, 0) is 89.8 Å². The average Bonchev–Trinajstić information content (AvgIpc) is 3.30. The van der Waals surface area contributed by atoms with Gasteiger partial charge in [0.05, 0.1) is 19.3 Å². The summed E-state index contributed by atoms with van der Waals surface area (Å²) in [5.74, 6) is 38.5. The van der Waals surface area contributed by atoms with Gasteiger partial charge in [0.1, 0.15) is 6.17 Å². The number of nitrogens with zero attached hydrogens (tertiary/aromatic N) is 3. The van der Waals surface area contributed by atoms with Gasteiger partial charge in [-0.2, -0.15) is 0 Å². The molecule has 1 atom stereocenters. The maximum atomic E-state index is 11.1. The fraction of sp³-hybridized carbons (Fsp3) is 0.387. The van der Waals surface area contributed by atoms with Crippen LogP contribution in [0.4, 0.5) is 0 Å². The van der Waals surface area contributed by atoms with Crippen LogP contribution >= 0.6 is 0 Å². The first-order valence-corrected chi connectivity index (χ1v) is 12.1. The van der Waals surface area contributed by atoms with E-state index in [0.29, 0.717) is 32.7 Å². The van der Waals surface area contributed by atoms with Crippen LogP contribution in [0.2, 0.25) is 0 Å². The zero-order valence-electron chi connectivity index (χ0n) is 22.1. The van der Waals surface area contributed by atoms with Crippen molar-refractivity contribution in [1.82, 2.24) is 14.7 Å². The molecule has 1 aliphatic heterocycles. The van der Waals surface area contributed by atoms with E-state index >= 15 is 0 Å². The molecule has 1 unspecified atom stereocenters. The molecule has 0 bridgehead atoms. The maximum Gasteiger partial charge on any atom is 0.304 e. The van der Waals surface area contributed by atoms with Crippen molar-refractivity contribution in [2.75, 3.05) is 45.8 Å². The van der Waals surface area contributed by atoms with E-state index in [2.05, 4.69) is 94.7 Å². The second kappa shape index (κ2) is 20.8. The zero-order chi connectivity index (χ0) is 29.4. The van der Waals surface area contributed by atoms with Crippen molar-refractivity contribution in [1.29, 1.82) is 0 Å². The second-order valence-corrected chi connectivity index (χ2v) is 7.86. The largest absolute Gasteiger partial charge is 0.481 e. The molecule has 0 amide bonds. The summed E-state index contributed by atoms with van der Waals surface area (Å²) in [5, 5.41) is 27.1. The molecular formula is C31H27N3O6. The van der Waals surface area contributed by atoms with Crippen LogP contribution in [-0.2, 0) is 14.4 Å². The molecule has 202 valence electrons. The molecule has 1 fully saturated rings. The molecule has 0 aliphatic carbocycles. The van der Waals surface area contributed by atoms with Crippen LogP contribution < -0.4 is 0 Å². The molecule has 9 nitrogen and oxygen atoms in total. The highest BCUT2D eigenvalue weighted by Crippen LogP contribution is 2.14. The lowest BCUT2D eigenvalue weighted by molar-refractivity contribution is -0.138. The van der Waals surface area contributed by atoms with Crippen molar-refractivity contribution >= 4 is 17.9 Å². The topological polar surface area (TPSA) is 122 Å². The summed E-state index contributed by atoms with van der Waals surface area (Å²) in [6.45, 7) is 4.60. The number of carboxylic acids is 3. The van der Waals surface area contributed by atoms with Gasteiger partial charge in [-0.25, -0.2) is 0 Å². The summed E-state index contributed by atoms with van der Waals surface area (Å²) in [4.78, 5) is 38.8. The highest BCUT2D eigenvalue weighted by molar-refractivity contribution is 5.67. The predicted octanol–water partition coefficient (Wildman–Crippen LogP) is -0.297. The molecule has 0 aromatic carbocycles. The summed E-state index contributed by atoms with van der Waals surface area (Å²) in [5.41, 5.74) is 0. The molecule has 0 radical (unpaired) electrons. The third-order valence-electron chi connectivity index (χ3n) is 5.11. The third kappa shape index (κ3) is 16.5. The summed E-state index contributed by atoms with van der Waals surface area (Å²) in [6.07, 6.45) is -0.628. The van der Waals surface area contributed by atoms with Gasteiger partial charge in [0.2, 0.25) is 0 Å². The minimum atomic E-state index is -0.959. The molecule has 0 aromatic rings. The van der Waals surface area contributed by atoms with Crippen molar-refractivity contribution in [2.24, 2.45) is 0 Å².